The number of carboxylic acids is 1. The Morgan fingerprint density at radius 3 is 2.62 bits per heavy atom. The molecule has 6 nitrogen and oxygen atoms in total. The first kappa shape index (κ1) is 20.7. The van der Waals surface area contributed by atoms with Gasteiger partial charge in [0, 0.05) is 22.7 Å². The first-order chi connectivity index (χ1) is 13.9. The van der Waals surface area contributed by atoms with Gasteiger partial charge >= 0.3 is 5.97 Å². The Bertz CT molecular complexity index is 983. The van der Waals surface area contributed by atoms with E-state index < -0.39 is 5.97 Å². The molecule has 152 valence electrons. The van der Waals surface area contributed by atoms with E-state index in [1.54, 1.807) is 13.2 Å². The molecule has 0 unspecified atom stereocenters. The predicted molar refractivity (Wildman–Crippen MR) is 111 cm³/mol. The van der Waals surface area contributed by atoms with Crippen LogP contribution in [0.4, 0.5) is 0 Å². The lowest BCUT2D eigenvalue weighted by Crippen LogP contribution is -2.07. The quantitative estimate of drug-likeness (QED) is 0.558. The van der Waals surface area contributed by atoms with Gasteiger partial charge in [0.1, 0.15) is 18.1 Å². The van der Waals surface area contributed by atoms with Crippen LogP contribution in [-0.4, -0.2) is 28.0 Å². The third-order valence-electron chi connectivity index (χ3n) is 4.52. The van der Waals surface area contributed by atoms with Crippen molar-refractivity contribution < 1.29 is 19.4 Å². The maximum Gasteiger partial charge on any atom is 0.303 e. The fourth-order valence-corrected chi connectivity index (χ4v) is 3.15. The Labute approximate surface area is 174 Å². The Hall–Kier alpha value is -2.99. The molecular weight excluding hydrogens is 392 g/mol. The third-order valence-corrected chi connectivity index (χ3v) is 4.76. The highest BCUT2D eigenvalue weighted by Crippen LogP contribution is 2.25. The van der Waals surface area contributed by atoms with Gasteiger partial charge in [0.2, 0.25) is 0 Å². The number of carboxylic acid groups (broad SMARTS) is 1. The molecule has 0 saturated heterocycles. The van der Waals surface area contributed by atoms with E-state index in [0.29, 0.717) is 24.6 Å². The summed E-state index contributed by atoms with van der Waals surface area (Å²) in [4.78, 5) is 10.8. The van der Waals surface area contributed by atoms with Crippen molar-refractivity contribution in [2.45, 2.75) is 32.9 Å². The summed E-state index contributed by atoms with van der Waals surface area (Å²) in [6, 6.07) is 15.1. The zero-order chi connectivity index (χ0) is 20.8. The van der Waals surface area contributed by atoms with Gasteiger partial charge in [-0.15, -0.1) is 0 Å². The van der Waals surface area contributed by atoms with Crippen LogP contribution in [0.2, 0.25) is 5.02 Å². The van der Waals surface area contributed by atoms with Gasteiger partial charge < -0.3 is 14.6 Å². The number of ether oxygens (including phenoxy) is 2. The number of methoxy groups -OCH3 is 1. The molecule has 3 rings (SSSR count). The van der Waals surface area contributed by atoms with Crippen molar-refractivity contribution in [2.75, 3.05) is 7.11 Å². The monoisotopic (exact) mass is 414 g/mol. The van der Waals surface area contributed by atoms with Crippen LogP contribution in [0.1, 0.15) is 28.9 Å². The lowest BCUT2D eigenvalue weighted by molar-refractivity contribution is -0.136. The smallest absolute Gasteiger partial charge is 0.303 e. The van der Waals surface area contributed by atoms with Crippen molar-refractivity contribution >= 4 is 17.6 Å². The fourth-order valence-electron chi connectivity index (χ4n) is 2.95. The van der Waals surface area contributed by atoms with Gasteiger partial charge in [-0.2, -0.15) is 5.10 Å². The topological polar surface area (TPSA) is 73.6 Å². The minimum absolute atomic E-state index is 0.0594. The molecule has 1 N–H and O–H groups in total. The summed E-state index contributed by atoms with van der Waals surface area (Å²) in [6.45, 7) is 2.84. The molecule has 3 aromatic rings. The van der Waals surface area contributed by atoms with Crippen LogP contribution in [0, 0.1) is 6.92 Å². The largest absolute Gasteiger partial charge is 0.497 e. The van der Waals surface area contributed by atoms with Crippen molar-refractivity contribution in [2.24, 2.45) is 0 Å². The molecular formula is C22H23ClN2O4. The SMILES string of the molecule is COc1ccc(COc2ccc(Cl)cc2Cn2nc(CCC(=O)O)cc2C)cc1. The molecule has 0 amide bonds. The molecule has 29 heavy (non-hydrogen) atoms. The number of benzene rings is 2. The average molecular weight is 415 g/mol. The first-order valence-corrected chi connectivity index (χ1v) is 9.61. The van der Waals surface area contributed by atoms with E-state index in [1.165, 1.54) is 0 Å². The van der Waals surface area contributed by atoms with Gasteiger partial charge in [0.25, 0.3) is 0 Å². The molecule has 0 aliphatic heterocycles. The summed E-state index contributed by atoms with van der Waals surface area (Å²) in [5, 5.41) is 14.0. The summed E-state index contributed by atoms with van der Waals surface area (Å²) in [5.74, 6) is 0.697. The van der Waals surface area contributed by atoms with E-state index in [0.717, 1.165) is 34.0 Å². The fraction of sp³-hybridized carbons (Fsp3) is 0.273. The lowest BCUT2D eigenvalue weighted by Gasteiger charge is -2.13. The summed E-state index contributed by atoms with van der Waals surface area (Å²) in [7, 11) is 1.63. The Morgan fingerprint density at radius 2 is 1.93 bits per heavy atom. The highest BCUT2D eigenvalue weighted by Gasteiger charge is 2.11. The van der Waals surface area contributed by atoms with Crippen LogP contribution in [0.15, 0.2) is 48.5 Å². The standard InChI is InChI=1S/C22H23ClN2O4/c1-15-11-19(6-10-22(26)27)24-25(15)13-17-12-18(23)5-9-21(17)29-14-16-3-7-20(28-2)8-4-16/h3-5,7-9,11-12H,6,10,13-14H2,1-2H3,(H,26,27). The molecule has 0 radical (unpaired) electrons. The molecule has 0 spiro atoms. The zero-order valence-corrected chi connectivity index (χ0v) is 17.1. The third kappa shape index (κ3) is 5.74. The summed E-state index contributed by atoms with van der Waals surface area (Å²) >= 11 is 6.20. The van der Waals surface area contributed by atoms with Crippen molar-refractivity contribution in [1.29, 1.82) is 0 Å². The maximum absolute atomic E-state index is 10.8. The van der Waals surface area contributed by atoms with Crippen LogP contribution in [0.3, 0.4) is 0 Å². The second-order valence-corrected chi connectivity index (χ2v) is 7.15. The van der Waals surface area contributed by atoms with Crippen LogP contribution in [0.25, 0.3) is 0 Å². The summed E-state index contributed by atoms with van der Waals surface area (Å²) in [5.41, 5.74) is 3.64. The number of aromatic nitrogens is 2. The second kappa shape index (κ2) is 9.47. The summed E-state index contributed by atoms with van der Waals surface area (Å²) in [6.07, 6.45) is 0.462. The van der Waals surface area contributed by atoms with Gasteiger partial charge in [-0.25, -0.2) is 0 Å². The van der Waals surface area contributed by atoms with Crippen LogP contribution >= 0.6 is 11.6 Å². The lowest BCUT2D eigenvalue weighted by atomic mass is 10.2. The number of hydrogen-bond acceptors (Lipinski definition) is 4. The Morgan fingerprint density at radius 1 is 1.17 bits per heavy atom. The molecule has 0 atom stereocenters. The minimum atomic E-state index is -0.832. The Kier molecular flexibility index (Phi) is 6.77. The first-order valence-electron chi connectivity index (χ1n) is 9.24. The van der Waals surface area contributed by atoms with E-state index in [-0.39, 0.29) is 6.42 Å². The van der Waals surface area contributed by atoms with Gasteiger partial charge in [-0.3, -0.25) is 9.48 Å². The zero-order valence-electron chi connectivity index (χ0n) is 16.4. The number of aryl methyl sites for hydroxylation is 2. The number of nitrogens with zero attached hydrogens (tertiary/aromatic N) is 2. The van der Waals surface area contributed by atoms with Crippen molar-refractivity contribution in [1.82, 2.24) is 9.78 Å². The van der Waals surface area contributed by atoms with Crippen LogP contribution in [-0.2, 0) is 24.4 Å². The van der Waals surface area contributed by atoms with E-state index in [4.69, 9.17) is 26.2 Å². The van der Waals surface area contributed by atoms with E-state index >= 15 is 0 Å². The molecule has 2 aromatic carbocycles. The molecule has 1 aromatic heterocycles. The van der Waals surface area contributed by atoms with Crippen molar-refractivity contribution in [3.05, 3.63) is 76.1 Å². The normalized spacial score (nSPS) is 10.7. The molecule has 0 aliphatic rings. The molecule has 0 fully saturated rings. The van der Waals surface area contributed by atoms with Gasteiger partial charge in [0.15, 0.2) is 0 Å². The van der Waals surface area contributed by atoms with Crippen molar-refractivity contribution in [3.8, 4) is 11.5 Å². The second-order valence-electron chi connectivity index (χ2n) is 6.72. The highest BCUT2D eigenvalue weighted by atomic mass is 35.5. The minimum Gasteiger partial charge on any atom is -0.497 e. The average Bonchev–Trinajstić information content (AvgIpc) is 3.05. The molecule has 0 bridgehead atoms. The molecule has 0 aliphatic carbocycles. The molecule has 0 saturated carbocycles. The maximum atomic E-state index is 10.8. The molecule has 1 heterocycles. The van der Waals surface area contributed by atoms with Crippen LogP contribution in [0.5, 0.6) is 11.5 Å². The number of hydrogen-bond donors (Lipinski definition) is 1. The molecule has 7 heteroatoms. The van der Waals surface area contributed by atoms with E-state index in [1.807, 2.05) is 54.1 Å². The van der Waals surface area contributed by atoms with Crippen LogP contribution < -0.4 is 9.47 Å². The van der Waals surface area contributed by atoms with Gasteiger partial charge in [-0.1, -0.05) is 23.7 Å². The number of aliphatic carboxylic acids is 1. The highest BCUT2D eigenvalue weighted by molar-refractivity contribution is 6.30. The predicted octanol–water partition coefficient (Wildman–Crippen LogP) is 4.50. The Balaban J connectivity index is 1.73. The number of rotatable bonds is 9. The summed E-state index contributed by atoms with van der Waals surface area (Å²) < 4.78 is 13.0. The van der Waals surface area contributed by atoms with E-state index in [9.17, 15) is 4.79 Å². The van der Waals surface area contributed by atoms with Gasteiger partial charge in [0.05, 0.1) is 25.8 Å². The van der Waals surface area contributed by atoms with E-state index in [2.05, 4.69) is 5.10 Å². The van der Waals surface area contributed by atoms with Gasteiger partial charge in [-0.05, 0) is 48.9 Å². The number of carbonyl (C=O) groups is 1. The number of halogens is 1. The van der Waals surface area contributed by atoms with Crippen molar-refractivity contribution in [3.63, 3.8) is 0 Å².